The molecule has 3 aromatic rings. The molecule has 7 nitrogen and oxygen atoms in total. The maximum atomic E-state index is 6.00. The molecule has 2 fully saturated rings. The summed E-state index contributed by atoms with van der Waals surface area (Å²) in [5, 5.41) is 12.0. The number of hydrogen-bond acceptors (Lipinski definition) is 6. The van der Waals surface area contributed by atoms with E-state index in [0.717, 1.165) is 42.0 Å². The number of aromatic amines is 1. The van der Waals surface area contributed by atoms with E-state index in [4.69, 9.17) is 14.2 Å². The van der Waals surface area contributed by atoms with E-state index in [9.17, 15) is 0 Å². The number of H-pyrrole nitrogens is 1. The molecule has 2 N–H and O–H groups in total. The van der Waals surface area contributed by atoms with E-state index < -0.39 is 5.79 Å². The highest BCUT2D eigenvalue weighted by atomic mass is 16.7. The van der Waals surface area contributed by atoms with Crippen molar-refractivity contribution in [1.29, 1.82) is 0 Å². The fraction of sp³-hybridized carbons (Fsp3) is 0.480. The molecule has 2 aliphatic heterocycles. The largest absolute Gasteiger partial charge is 0.491 e. The summed E-state index contributed by atoms with van der Waals surface area (Å²) in [5.74, 6) is 0.370. The van der Waals surface area contributed by atoms with E-state index in [0.29, 0.717) is 19.3 Å². The van der Waals surface area contributed by atoms with Gasteiger partial charge in [-0.25, -0.2) is 0 Å². The van der Waals surface area contributed by atoms with Crippen LogP contribution in [-0.2, 0) is 16.0 Å². The summed E-state index contributed by atoms with van der Waals surface area (Å²) in [5.41, 5.74) is 3.49. The van der Waals surface area contributed by atoms with Gasteiger partial charge < -0.3 is 19.5 Å². The van der Waals surface area contributed by atoms with Crippen molar-refractivity contribution in [3.8, 4) is 5.75 Å². The molecule has 2 saturated heterocycles. The van der Waals surface area contributed by atoms with Crippen molar-refractivity contribution in [1.82, 2.24) is 15.1 Å². The lowest BCUT2D eigenvalue weighted by Gasteiger charge is -2.33. The molecule has 0 spiro atoms. The smallest absolute Gasteiger partial charge is 0.163 e. The van der Waals surface area contributed by atoms with Crippen molar-refractivity contribution in [2.24, 2.45) is 0 Å². The predicted octanol–water partition coefficient (Wildman–Crippen LogP) is 4.17. The van der Waals surface area contributed by atoms with Crippen molar-refractivity contribution < 1.29 is 14.2 Å². The number of ether oxygens (including phenoxy) is 3. The van der Waals surface area contributed by atoms with E-state index in [1.54, 1.807) is 0 Å². The van der Waals surface area contributed by atoms with Crippen LogP contribution in [0.4, 0.5) is 5.69 Å². The fourth-order valence-corrected chi connectivity index (χ4v) is 4.61. The van der Waals surface area contributed by atoms with Crippen LogP contribution in [-0.4, -0.2) is 59.3 Å². The number of likely N-dealkylation sites (tertiary alicyclic amines) is 1. The SMILES string of the molecule is CC1(C)OCC(COc2cccc(CN3CCC[C@H](Nc4ccc5[nH]ncc5c4)C3)c2)O1. The number of benzene rings is 2. The molecular weight excluding hydrogens is 404 g/mol. The first-order chi connectivity index (χ1) is 15.5. The van der Waals surface area contributed by atoms with E-state index >= 15 is 0 Å². The van der Waals surface area contributed by atoms with Crippen LogP contribution in [0.3, 0.4) is 0 Å². The third-order valence-electron chi connectivity index (χ3n) is 6.12. The Morgan fingerprint density at radius 2 is 2.19 bits per heavy atom. The molecule has 2 aliphatic rings. The number of rotatable bonds is 7. The minimum atomic E-state index is -0.515. The normalized spacial score (nSPS) is 23.4. The van der Waals surface area contributed by atoms with Gasteiger partial charge >= 0.3 is 0 Å². The Kier molecular flexibility index (Phi) is 6.04. The quantitative estimate of drug-likeness (QED) is 0.579. The molecule has 0 saturated carbocycles. The average Bonchev–Trinajstić information content (AvgIpc) is 3.38. The predicted molar refractivity (Wildman–Crippen MR) is 125 cm³/mol. The Morgan fingerprint density at radius 1 is 1.25 bits per heavy atom. The molecule has 32 heavy (non-hydrogen) atoms. The number of hydrogen-bond donors (Lipinski definition) is 2. The maximum absolute atomic E-state index is 6.00. The highest BCUT2D eigenvalue weighted by Crippen LogP contribution is 2.24. The second-order valence-corrected chi connectivity index (χ2v) is 9.30. The van der Waals surface area contributed by atoms with E-state index in [2.05, 4.69) is 56.8 Å². The van der Waals surface area contributed by atoms with Gasteiger partial charge in [-0.05, 0) is 69.1 Å². The molecule has 1 aromatic heterocycles. The maximum Gasteiger partial charge on any atom is 0.163 e. The monoisotopic (exact) mass is 436 g/mol. The van der Waals surface area contributed by atoms with Crippen LogP contribution in [0.5, 0.6) is 5.75 Å². The van der Waals surface area contributed by atoms with Gasteiger partial charge in [0.1, 0.15) is 18.5 Å². The fourth-order valence-electron chi connectivity index (χ4n) is 4.61. The van der Waals surface area contributed by atoms with Crippen molar-refractivity contribution in [2.45, 2.75) is 51.2 Å². The molecular formula is C25H32N4O3. The first-order valence-corrected chi connectivity index (χ1v) is 11.5. The highest BCUT2D eigenvalue weighted by Gasteiger charge is 2.33. The van der Waals surface area contributed by atoms with Gasteiger partial charge in [-0.1, -0.05) is 12.1 Å². The van der Waals surface area contributed by atoms with Crippen LogP contribution < -0.4 is 10.1 Å². The molecule has 7 heteroatoms. The molecule has 1 unspecified atom stereocenters. The van der Waals surface area contributed by atoms with Crippen LogP contribution in [0.25, 0.3) is 10.9 Å². The molecule has 5 rings (SSSR count). The lowest BCUT2D eigenvalue weighted by atomic mass is 10.0. The van der Waals surface area contributed by atoms with Crippen molar-refractivity contribution in [3.63, 3.8) is 0 Å². The highest BCUT2D eigenvalue weighted by molar-refractivity contribution is 5.81. The summed E-state index contributed by atoms with van der Waals surface area (Å²) < 4.78 is 17.4. The molecule has 2 aromatic carbocycles. The van der Waals surface area contributed by atoms with Gasteiger partial charge in [-0.3, -0.25) is 10.00 Å². The van der Waals surface area contributed by atoms with Crippen LogP contribution in [0.1, 0.15) is 32.3 Å². The van der Waals surface area contributed by atoms with Crippen molar-refractivity contribution in [2.75, 3.05) is 31.6 Å². The van der Waals surface area contributed by atoms with Crippen LogP contribution in [0.2, 0.25) is 0 Å². The summed E-state index contributed by atoms with van der Waals surface area (Å²) in [6, 6.07) is 15.2. The van der Waals surface area contributed by atoms with Gasteiger partial charge in [-0.2, -0.15) is 5.10 Å². The molecule has 0 bridgehead atoms. The Bertz CT molecular complexity index is 1050. The molecule has 0 amide bonds. The minimum absolute atomic E-state index is 0.0242. The summed E-state index contributed by atoms with van der Waals surface area (Å²) in [7, 11) is 0. The zero-order valence-corrected chi connectivity index (χ0v) is 18.8. The number of nitrogens with one attached hydrogen (secondary N) is 2. The zero-order chi connectivity index (χ0) is 22.0. The topological polar surface area (TPSA) is 71.6 Å². The Labute approximate surface area is 189 Å². The Balaban J connectivity index is 1.14. The zero-order valence-electron chi connectivity index (χ0n) is 18.8. The molecule has 0 aliphatic carbocycles. The molecule has 2 atom stereocenters. The number of piperidine rings is 1. The van der Waals surface area contributed by atoms with E-state index in [-0.39, 0.29) is 6.10 Å². The number of aromatic nitrogens is 2. The first kappa shape index (κ1) is 21.2. The van der Waals surface area contributed by atoms with Crippen molar-refractivity contribution in [3.05, 3.63) is 54.2 Å². The van der Waals surface area contributed by atoms with Crippen LogP contribution in [0.15, 0.2) is 48.7 Å². The van der Waals surface area contributed by atoms with Gasteiger partial charge in [0.25, 0.3) is 0 Å². The third-order valence-corrected chi connectivity index (χ3v) is 6.12. The minimum Gasteiger partial charge on any atom is -0.491 e. The van der Waals surface area contributed by atoms with Crippen molar-refractivity contribution >= 4 is 16.6 Å². The summed E-state index contributed by atoms with van der Waals surface area (Å²) in [6.07, 6.45) is 4.22. The summed E-state index contributed by atoms with van der Waals surface area (Å²) >= 11 is 0. The lowest BCUT2D eigenvalue weighted by molar-refractivity contribution is -0.141. The number of nitrogens with zero attached hydrogens (tertiary/aromatic N) is 2. The van der Waals surface area contributed by atoms with Gasteiger partial charge in [0.2, 0.25) is 0 Å². The summed E-state index contributed by atoms with van der Waals surface area (Å²) in [4.78, 5) is 2.52. The molecule has 170 valence electrons. The standard InChI is InChI=1S/C25H32N4O3/c1-25(2)31-17-23(32-25)16-30-22-7-3-5-18(11-22)14-29-10-4-6-21(15-29)27-20-8-9-24-19(12-20)13-26-28-24/h3,5,7-9,11-13,21,23,27H,4,6,10,14-17H2,1-2H3,(H,26,28)/t21-,23?/m0/s1. The third kappa shape index (κ3) is 5.23. The molecule has 0 radical (unpaired) electrons. The van der Waals surface area contributed by atoms with Crippen LogP contribution >= 0.6 is 0 Å². The lowest BCUT2D eigenvalue weighted by Crippen LogP contribution is -2.41. The Hall–Kier alpha value is -2.61. The second kappa shape index (κ2) is 9.10. The van der Waals surface area contributed by atoms with Gasteiger partial charge in [0.05, 0.1) is 18.3 Å². The first-order valence-electron chi connectivity index (χ1n) is 11.5. The average molecular weight is 437 g/mol. The van der Waals surface area contributed by atoms with Crippen LogP contribution in [0, 0.1) is 0 Å². The number of fused-ring (bicyclic) bond motifs is 1. The Morgan fingerprint density at radius 3 is 3.06 bits per heavy atom. The van der Waals surface area contributed by atoms with Gasteiger partial charge in [0, 0.05) is 30.2 Å². The van der Waals surface area contributed by atoms with E-state index in [1.165, 1.54) is 18.4 Å². The second-order valence-electron chi connectivity index (χ2n) is 9.30. The number of anilines is 1. The van der Waals surface area contributed by atoms with Gasteiger partial charge in [-0.15, -0.1) is 0 Å². The van der Waals surface area contributed by atoms with Gasteiger partial charge in [0.15, 0.2) is 5.79 Å². The molecule has 3 heterocycles. The van der Waals surface area contributed by atoms with E-state index in [1.807, 2.05) is 26.1 Å². The summed E-state index contributed by atoms with van der Waals surface area (Å²) in [6.45, 7) is 8.01.